The van der Waals surface area contributed by atoms with Crippen LogP contribution in [0.5, 0.6) is 0 Å². The van der Waals surface area contributed by atoms with E-state index in [9.17, 15) is 31.2 Å². The number of anilines is 1. The van der Waals surface area contributed by atoms with E-state index in [1.807, 2.05) is 30.3 Å². The van der Waals surface area contributed by atoms with Gasteiger partial charge in [-0.1, -0.05) is 42.5 Å². The Labute approximate surface area is 237 Å². The molecule has 1 amide bonds. The van der Waals surface area contributed by atoms with Crippen molar-refractivity contribution in [1.29, 1.82) is 5.41 Å². The van der Waals surface area contributed by atoms with Crippen LogP contribution in [-0.4, -0.2) is 48.7 Å². The third-order valence-corrected chi connectivity index (χ3v) is 6.78. The average molecular weight is 613 g/mol. The lowest BCUT2D eigenvalue weighted by Crippen LogP contribution is -2.38. The van der Waals surface area contributed by atoms with Crippen LogP contribution in [0.15, 0.2) is 76.4 Å². The van der Waals surface area contributed by atoms with Crippen molar-refractivity contribution in [3.8, 4) is 11.1 Å². The van der Waals surface area contributed by atoms with E-state index in [0.717, 1.165) is 15.7 Å². The topological polar surface area (TPSA) is 220 Å². The predicted octanol–water partition coefficient (Wildman–Crippen LogP) is 2.09. The fourth-order valence-electron chi connectivity index (χ4n) is 3.47. The van der Waals surface area contributed by atoms with Gasteiger partial charge in [-0.2, -0.15) is 13.2 Å². The quantitative estimate of drug-likeness (QED) is 0.0853. The van der Waals surface area contributed by atoms with Crippen LogP contribution in [0.2, 0.25) is 0 Å². The number of rotatable bonds is 10. The summed E-state index contributed by atoms with van der Waals surface area (Å²) in [6.07, 6.45) is -5.10. The van der Waals surface area contributed by atoms with Gasteiger partial charge in [-0.05, 0) is 42.3 Å². The van der Waals surface area contributed by atoms with Crippen LogP contribution < -0.4 is 27.2 Å². The number of nitrogens with two attached hydrogens (primary N) is 2. The number of carbonyl (C=O) groups is 2. The maximum absolute atomic E-state index is 13.1. The Hall–Kier alpha value is -4.90. The number of halogens is 3. The maximum atomic E-state index is 13.1. The molecule has 3 aromatic rings. The number of primary amides is 1. The van der Waals surface area contributed by atoms with E-state index in [1.165, 1.54) is 24.3 Å². The number of nitrogens with zero attached hydrogens (tertiary/aromatic N) is 1. The molecule has 0 spiro atoms. The van der Waals surface area contributed by atoms with Crippen LogP contribution in [0.4, 0.5) is 18.9 Å². The number of alkyl halides is 3. The molecule has 0 aliphatic carbocycles. The van der Waals surface area contributed by atoms with Crippen molar-refractivity contribution >= 4 is 33.5 Å². The van der Waals surface area contributed by atoms with Gasteiger partial charge < -0.3 is 16.6 Å². The molecule has 0 bridgehead atoms. The fraction of sp³-hybridized carbons (Fsp3) is 0.200. The van der Waals surface area contributed by atoms with Crippen molar-refractivity contribution in [2.45, 2.75) is 30.5 Å². The highest BCUT2D eigenvalue weighted by molar-refractivity contribution is 7.92. The molecule has 3 rings (SSSR count). The summed E-state index contributed by atoms with van der Waals surface area (Å²) in [6, 6.07) is 17.4. The smallest absolute Gasteiger partial charge is 0.475 e. The minimum absolute atomic E-state index is 0.0203. The molecule has 0 saturated carbocycles. The van der Waals surface area contributed by atoms with E-state index in [0.29, 0.717) is 5.69 Å². The second-order valence-corrected chi connectivity index (χ2v) is 10.1. The zero-order valence-electron chi connectivity index (χ0n) is 21.9. The summed E-state index contributed by atoms with van der Waals surface area (Å²) in [5.74, 6) is -3.99. The van der Waals surface area contributed by atoms with Crippen molar-refractivity contribution in [2.24, 2.45) is 11.5 Å². The first-order valence-corrected chi connectivity index (χ1v) is 13.2. The Morgan fingerprint density at radius 3 is 2.07 bits per heavy atom. The first kappa shape index (κ1) is 33.3. The molecule has 1 atom stereocenters. The van der Waals surface area contributed by atoms with Gasteiger partial charge in [0, 0.05) is 12.1 Å². The van der Waals surface area contributed by atoms with Crippen LogP contribution >= 0.6 is 0 Å². The van der Waals surface area contributed by atoms with E-state index >= 15 is 0 Å². The van der Waals surface area contributed by atoms with Crippen LogP contribution in [0, 0.1) is 12.3 Å². The highest BCUT2D eigenvalue weighted by Crippen LogP contribution is 2.22. The van der Waals surface area contributed by atoms with Crippen LogP contribution in [0.1, 0.15) is 18.2 Å². The molecular weight excluding hydrogens is 585 g/mol. The molecule has 0 aliphatic heterocycles. The minimum Gasteiger partial charge on any atom is -0.475 e. The summed E-state index contributed by atoms with van der Waals surface area (Å²) >= 11 is 0. The number of hydrogen-bond donors (Lipinski definition) is 6. The average Bonchev–Trinajstić information content (AvgIpc) is 2.91. The van der Waals surface area contributed by atoms with Crippen LogP contribution in [-0.2, 0) is 24.4 Å². The van der Waals surface area contributed by atoms with Gasteiger partial charge in [0.15, 0.2) is 0 Å². The van der Waals surface area contributed by atoms with Gasteiger partial charge >= 0.3 is 12.1 Å². The number of carboxylic acid groups (broad SMARTS) is 1. The Bertz CT molecular complexity index is 1580. The molecule has 1 unspecified atom stereocenters. The number of nitrogens with one attached hydrogen (secondary N) is 3. The second kappa shape index (κ2) is 14.1. The number of hydrogen-bond acceptors (Lipinski definition) is 7. The number of carboxylic acids is 1. The van der Waals surface area contributed by atoms with Gasteiger partial charge in [0.1, 0.15) is 11.7 Å². The lowest BCUT2D eigenvalue weighted by molar-refractivity contribution is -0.192. The number of amides is 1. The molecule has 1 aromatic heterocycles. The molecule has 1 heterocycles. The number of carbonyl (C=O) groups excluding carboxylic acids is 1. The third kappa shape index (κ3) is 9.34. The molecule has 13 nitrogen and oxygen atoms in total. The van der Waals surface area contributed by atoms with Gasteiger partial charge in [0.05, 0.1) is 11.5 Å². The lowest BCUT2D eigenvalue weighted by atomic mass is 10.1. The normalized spacial score (nSPS) is 11.9. The zero-order chi connectivity index (χ0) is 31.7. The monoisotopic (exact) mass is 612 g/mol. The Balaban J connectivity index is 0.000000782. The largest absolute Gasteiger partial charge is 0.490 e. The highest BCUT2D eigenvalue weighted by Gasteiger charge is 2.38. The van der Waals surface area contributed by atoms with Crippen molar-refractivity contribution < 1.29 is 41.1 Å². The van der Waals surface area contributed by atoms with Gasteiger partial charge in [-0.3, -0.25) is 29.1 Å². The zero-order valence-corrected chi connectivity index (χ0v) is 22.7. The maximum Gasteiger partial charge on any atom is 0.490 e. The molecule has 0 radical (unpaired) electrons. The summed E-state index contributed by atoms with van der Waals surface area (Å²) in [4.78, 5) is 39.0. The van der Waals surface area contributed by atoms with Crippen molar-refractivity contribution in [3.63, 3.8) is 0 Å². The number of sulfonamides is 1. The molecule has 226 valence electrons. The van der Waals surface area contributed by atoms with Crippen LogP contribution in [0.3, 0.4) is 0 Å². The van der Waals surface area contributed by atoms with E-state index in [-0.39, 0.29) is 23.6 Å². The lowest BCUT2D eigenvalue weighted by Gasteiger charge is -2.20. The second-order valence-electron chi connectivity index (χ2n) is 8.43. The van der Waals surface area contributed by atoms with Gasteiger partial charge in [-0.15, -0.1) is 0 Å². The molecule has 0 aliphatic rings. The number of aryl methyl sites for hydroxylation is 1. The van der Waals surface area contributed by atoms with E-state index < -0.39 is 45.6 Å². The Morgan fingerprint density at radius 1 is 1.02 bits per heavy atom. The SMILES string of the molecule is Cc1ccc(NS(=O)(=O)c2ccc(-c3ccccc3)cc2)c(=O)n1C(CCONC(=N)N)C(N)=O.O=C(O)C(F)(F)F. The van der Waals surface area contributed by atoms with Gasteiger partial charge in [0.25, 0.3) is 15.6 Å². The third-order valence-electron chi connectivity index (χ3n) is 5.39. The molecule has 42 heavy (non-hydrogen) atoms. The van der Waals surface area contributed by atoms with Gasteiger partial charge in [-0.25, -0.2) is 18.7 Å². The number of pyridine rings is 1. The van der Waals surface area contributed by atoms with Gasteiger partial charge in [0.2, 0.25) is 11.9 Å². The number of benzene rings is 2. The number of aromatic nitrogens is 1. The molecule has 2 aromatic carbocycles. The number of aliphatic carboxylic acids is 1. The summed E-state index contributed by atoms with van der Waals surface area (Å²) in [5.41, 5.74) is 13.9. The van der Waals surface area contributed by atoms with Crippen molar-refractivity contribution in [1.82, 2.24) is 10.0 Å². The van der Waals surface area contributed by atoms with E-state index in [1.54, 1.807) is 19.1 Å². The summed E-state index contributed by atoms with van der Waals surface area (Å²) in [5, 5.41) is 14.2. The molecule has 0 fully saturated rings. The minimum atomic E-state index is -5.08. The standard InChI is InChI=1S/C23H26N6O5S.C2HF3O2/c1-15-7-12-19(22(31)29(15)20(21(24)30)13-14-34-27-23(25)26)28-35(32,33)18-10-8-17(9-11-18)16-5-3-2-4-6-16;3-2(4,5)1(6)7/h2-12,20,28H,13-14H2,1H3,(H2,24,30)(H4,25,26,27);(H,6,7). The van der Waals surface area contributed by atoms with E-state index in [4.69, 9.17) is 31.6 Å². The summed E-state index contributed by atoms with van der Waals surface area (Å²) in [6.45, 7) is 1.50. The first-order chi connectivity index (χ1) is 19.5. The summed E-state index contributed by atoms with van der Waals surface area (Å²) < 4.78 is 61.1. The number of hydroxylamine groups is 1. The Kier molecular flexibility index (Phi) is 11.2. The van der Waals surface area contributed by atoms with Crippen molar-refractivity contribution in [2.75, 3.05) is 11.3 Å². The molecular formula is C25H27F3N6O7S. The molecule has 17 heteroatoms. The summed E-state index contributed by atoms with van der Waals surface area (Å²) in [7, 11) is -4.09. The predicted molar refractivity (Wildman–Crippen MR) is 146 cm³/mol. The molecule has 8 N–H and O–H groups in total. The fourth-order valence-corrected chi connectivity index (χ4v) is 4.53. The van der Waals surface area contributed by atoms with E-state index in [2.05, 4.69) is 10.2 Å². The molecule has 0 saturated heterocycles. The van der Waals surface area contributed by atoms with Crippen LogP contribution in [0.25, 0.3) is 11.1 Å². The Morgan fingerprint density at radius 2 is 1.57 bits per heavy atom. The first-order valence-electron chi connectivity index (χ1n) is 11.8. The highest BCUT2D eigenvalue weighted by atomic mass is 32.2. The number of guanidine groups is 1. The van der Waals surface area contributed by atoms with Crippen molar-refractivity contribution in [3.05, 3.63) is 82.8 Å².